The minimum atomic E-state index is -0.898. The Hall–Kier alpha value is -1.22. The predicted octanol–water partition coefficient (Wildman–Crippen LogP) is 4.38. The van der Waals surface area contributed by atoms with E-state index in [1.165, 1.54) is 51.4 Å². The highest BCUT2D eigenvalue weighted by atomic mass is 16.3. The first kappa shape index (κ1) is 35.0. The Balaban J connectivity index is 0.00000183. The van der Waals surface area contributed by atoms with Crippen LogP contribution < -0.4 is 27.8 Å². The molecule has 2 amide bonds. The highest BCUT2D eigenvalue weighted by Crippen LogP contribution is 2.64. The van der Waals surface area contributed by atoms with E-state index in [2.05, 4.69) is 17.6 Å². The lowest BCUT2D eigenvalue weighted by Gasteiger charge is -2.59. The van der Waals surface area contributed by atoms with Crippen molar-refractivity contribution in [2.75, 3.05) is 6.67 Å². The van der Waals surface area contributed by atoms with Crippen molar-refractivity contribution >= 4 is 11.8 Å². The summed E-state index contributed by atoms with van der Waals surface area (Å²) in [7, 11) is 0. The molecule has 0 aromatic heterocycles. The van der Waals surface area contributed by atoms with Gasteiger partial charge in [0.25, 0.3) is 0 Å². The van der Waals surface area contributed by atoms with Crippen LogP contribution in [0.5, 0.6) is 0 Å². The van der Waals surface area contributed by atoms with E-state index in [0.717, 1.165) is 19.3 Å². The zero-order chi connectivity index (χ0) is 28.8. The molecule has 0 aromatic rings. The zero-order valence-corrected chi connectivity index (χ0v) is 25.2. The number of rotatable bonds is 10. The SMILES string of the molecule is C.CC.CC(N)(N)CCC(NC(=O)CCCC1CCC2C1CCC1C2C(O)CC2CCCCC21C)C(=O)NCN. The van der Waals surface area contributed by atoms with Crippen molar-refractivity contribution in [3.63, 3.8) is 0 Å². The van der Waals surface area contributed by atoms with E-state index in [4.69, 9.17) is 17.2 Å². The molecule has 0 heterocycles. The molecule has 4 rings (SSSR count). The van der Waals surface area contributed by atoms with Crippen LogP contribution in [-0.2, 0) is 9.59 Å². The maximum Gasteiger partial charge on any atom is 0.243 e. The maximum atomic E-state index is 12.7. The minimum absolute atomic E-state index is 0. The lowest BCUT2D eigenvalue weighted by Crippen LogP contribution is -2.55. The monoisotopic (exact) mass is 565 g/mol. The Bertz CT molecular complexity index is 802. The van der Waals surface area contributed by atoms with E-state index < -0.39 is 11.7 Å². The molecule has 8 heteroatoms. The number of fused-ring (bicyclic) bond motifs is 5. The Kier molecular flexibility index (Phi) is 13.4. The van der Waals surface area contributed by atoms with Crippen LogP contribution in [0, 0.1) is 40.9 Å². The summed E-state index contributed by atoms with van der Waals surface area (Å²) < 4.78 is 0. The second-order valence-electron chi connectivity index (χ2n) is 13.5. The third-order valence-electron chi connectivity index (χ3n) is 10.9. The molecular formula is C32H63N5O3. The van der Waals surface area contributed by atoms with Crippen molar-refractivity contribution in [1.82, 2.24) is 10.6 Å². The molecule has 0 saturated heterocycles. The minimum Gasteiger partial charge on any atom is -0.393 e. The number of carbonyl (C=O) groups is 2. The van der Waals surface area contributed by atoms with Crippen LogP contribution in [0.25, 0.3) is 0 Å². The Morgan fingerprint density at radius 1 is 1.07 bits per heavy atom. The molecule has 9 unspecified atom stereocenters. The zero-order valence-electron chi connectivity index (χ0n) is 25.2. The predicted molar refractivity (Wildman–Crippen MR) is 164 cm³/mol. The molecule has 9 atom stereocenters. The van der Waals surface area contributed by atoms with Crippen LogP contribution >= 0.6 is 0 Å². The molecule has 0 aromatic carbocycles. The topological polar surface area (TPSA) is 156 Å². The van der Waals surface area contributed by atoms with Gasteiger partial charge in [-0.3, -0.25) is 9.59 Å². The fourth-order valence-corrected chi connectivity index (χ4v) is 9.15. The summed E-state index contributed by atoms with van der Waals surface area (Å²) in [5, 5.41) is 16.8. The molecule has 4 fully saturated rings. The van der Waals surface area contributed by atoms with Gasteiger partial charge in [0.2, 0.25) is 11.8 Å². The summed E-state index contributed by atoms with van der Waals surface area (Å²) in [6.45, 7) is 8.28. The van der Waals surface area contributed by atoms with Crippen LogP contribution in [0.3, 0.4) is 0 Å². The summed E-state index contributed by atoms with van der Waals surface area (Å²) in [4.78, 5) is 25.1. The van der Waals surface area contributed by atoms with Gasteiger partial charge in [-0.05, 0) is 118 Å². The van der Waals surface area contributed by atoms with Crippen molar-refractivity contribution in [2.45, 2.75) is 143 Å². The summed E-state index contributed by atoms with van der Waals surface area (Å²) in [6, 6.07) is -0.675. The lowest BCUT2D eigenvalue weighted by atomic mass is 9.46. The van der Waals surface area contributed by atoms with Crippen molar-refractivity contribution in [1.29, 1.82) is 0 Å². The fraction of sp³-hybridized carbons (Fsp3) is 0.938. The first-order valence-electron chi connectivity index (χ1n) is 16.1. The van der Waals surface area contributed by atoms with E-state index in [0.29, 0.717) is 60.2 Å². The number of nitrogens with two attached hydrogens (primary N) is 3. The van der Waals surface area contributed by atoms with Gasteiger partial charge in [-0.25, -0.2) is 0 Å². The van der Waals surface area contributed by atoms with Gasteiger partial charge in [-0.15, -0.1) is 0 Å². The average Bonchev–Trinajstić information content (AvgIpc) is 3.31. The first-order valence-corrected chi connectivity index (χ1v) is 16.1. The van der Waals surface area contributed by atoms with Gasteiger partial charge in [-0.1, -0.05) is 41.0 Å². The van der Waals surface area contributed by atoms with E-state index >= 15 is 0 Å². The lowest BCUT2D eigenvalue weighted by molar-refractivity contribution is -0.145. The summed E-state index contributed by atoms with van der Waals surface area (Å²) in [5.41, 5.74) is 16.7. The van der Waals surface area contributed by atoms with E-state index in [-0.39, 0.29) is 32.0 Å². The Morgan fingerprint density at radius 3 is 2.45 bits per heavy atom. The van der Waals surface area contributed by atoms with E-state index in [1.807, 2.05) is 13.8 Å². The van der Waals surface area contributed by atoms with Crippen molar-refractivity contribution in [3.8, 4) is 0 Å². The van der Waals surface area contributed by atoms with Crippen LogP contribution in [0.1, 0.15) is 125 Å². The Morgan fingerprint density at radius 2 is 1.77 bits per heavy atom. The molecular weight excluding hydrogens is 502 g/mol. The van der Waals surface area contributed by atoms with Gasteiger partial charge >= 0.3 is 0 Å². The number of aliphatic hydroxyl groups is 1. The maximum absolute atomic E-state index is 12.7. The van der Waals surface area contributed by atoms with Crippen LogP contribution in [0.15, 0.2) is 0 Å². The fourth-order valence-electron chi connectivity index (χ4n) is 9.15. The number of hydrogen-bond donors (Lipinski definition) is 6. The number of amides is 2. The number of nitrogens with one attached hydrogen (secondary N) is 2. The molecule has 4 aliphatic rings. The van der Waals surface area contributed by atoms with Crippen molar-refractivity contribution in [2.24, 2.45) is 58.1 Å². The first-order chi connectivity index (χ1) is 18.5. The molecule has 8 nitrogen and oxygen atoms in total. The third kappa shape index (κ3) is 8.20. The summed E-state index contributed by atoms with van der Waals surface area (Å²) >= 11 is 0. The largest absolute Gasteiger partial charge is 0.393 e. The van der Waals surface area contributed by atoms with Crippen LogP contribution in [0.4, 0.5) is 0 Å². The van der Waals surface area contributed by atoms with Gasteiger partial charge in [0, 0.05) is 6.42 Å². The second-order valence-corrected chi connectivity index (χ2v) is 13.5. The normalized spacial score (nSPS) is 35.5. The highest BCUT2D eigenvalue weighted by molar-refractivity contribution is 5.87. The molecule has 234 valence electrons. The van der Waals surface area contributed by atoms with E-state index in [9.17, 15) is 14.7 Å². The van der Waals surface area contributed by atoms with Gasteiger partial charge < -0.3 is 32.9 Å². The van der Waals surface area contributed by atoms with E-state index in [1.54, 1.807) is 6.92 Å². The van der Waals surface area contributed by atoms with Crippen LogP contribution in [0.2, 0.25) is 0 Å². The molecule has 9 N–H and O–H groups in total. The standard InChI is InChI=1S/C29H53N5O3.C2H6.CH4/c1-28-14-4-3-7-19(28)16-24(35)26-21-10-9-18(20(21)11-12-22(26)28)6-5-8-25(36)34-23(27(37)33-17-30)13-15-29(2,31)32;1-2;/h18-24,26,35H,3-17,30-32H2,1-2H3,(H,33,37)(H,34,36);1-2H3;1H4. The van der Waals surface area contributed by atoms with Crippen molar-refractivity contribution in [3.05, 3.63) is 0 Å². The summed E-state index contributed by atoms with van der Waals surface area (Å²) in [6.07, 6.45) is 14.3. The second kappa shape index (κ2) is 15.3. The Labute approximate surface area is 244 Å². The molecule has 0 radical (unpaired) electrons. The molecule has 0 spiro atoms. The number of hydrogen-bond acceptors (Lipinski definition) is 6. The molecule has 40 heavy (non-hydrogen) atoms. The van der Waals surface area contributed by atoms with Gasteiger partial charge in [0.15, 0.2) is 0 Å². The summed E-state index contributed by atoms with van der Waals surface area (Å²) in [5.74, 6) is 3.46. The number of carbonyl (C=O) groups excluding carboxylic acids is 2. The smallest absolute Gasteiger partial charge is 0.243 e. The molecule has 4 saturated carbocycles. The average molecular weight is 566 g/mol. The van der Waals surface area contributed by atoms with Gasteiger partial charge in [0.1, 0.15) is 6.04 Å². The quantitative estimate of drug-likeness (QED) is 0.216. The van der Waals surface area contributed by atoms with Gasteiger partial charge in [0.05, 0.1) is 18.4 Å². The van der Waals surface area contributed by atoms with Gasteiger partial charge in [-0.2, -0.15) is 0 Å². The van der Waals surface area contributed by atoms with Crippen LogP contribution in [-0.4, -0.2) is 41.4 Å². The van der Waals surface area contributed by atoms with Crippen molar-refractivity contribution < 1.29 is 14.7 Å². The third-order valence-corrected chi connectivity index (χ3v) is 10.9. The molecule has 0 bridgehead atoms. The number of aliphatic hydroxyl groups excluding tert-OH is 1. The molecule has 4 aliphatic carbocycles. The highest BCUT2D eigenvalue weighted by Gasteiger charge is 2.58. The molecule has 0 aliphatic heterocycles.